The minimum absolute atomic E-state index is 0.212. The topological polar surface area (TPSA) is 78.9 Å². The van der Waals surface area contributed by atoms with Crippen molar-refractivity contribution in [2.45, 2.75) is 19.1 Å². The second-order valence-electron chi connectivity index (χ2n) is 4.08. The normalized spacial score (nSPS) is 13.4. The number of aliphatic carboxylic acids is 1. The number of hydrogen-bond donors (Lipinski definition) is 2. The average molecular weight is 286 g/mol. The van der Waals surface area contributed by atoms with Crippen LogP contribution in [0.5, 0.6) is 0 Å². The highest BCUT2D eigenvalue weighted by atomic mass is 19.4. The van der Waals surface area contributed by atoms with Gasteiger partial charge >= 0.3 is 12.1 Å². The first-order valence-corrected chi connectivity index (χ1v) is 5.43. The summed E-state index contributed by atoms with van der Waals surface area (Å²) < 4.78 is 41.4. The Morgan fingerprint density at radius 1 is 1.37 bits per heavy atom. The molecule has 0 fully saturated rings. The Hall–Kier alpha value is -1.35. The number of hydrogen-bond acceptors (Lipinski definition) is 4. The Morgan fingerprint density at radius 2 is 1.95 bits per heavy atom. The number of carbonyl (C=O) groups excluding carboxylic acids is 1. The van der Waals surface area contributed by atoms with E-state index in [0.717, 1.165) is 0 Å². The van der Waals surface area contributed by atoms with Gasteiger partial charge in [-0.1, -0.05) is 0 Å². The van der Waals surface area contributed by atoms with Gasteiger partial charge in [0.15, 0.2) is 0 Å². The molecule has 0 aromatic carbocycles. The first-order valence-electron chi connectivity index (χ1n) is 5.43. The third-order valence-electron chi connectivity index (χ3n) is 1.95. The lowest BCUT2D eigenvalue weighted by atomic mass is 10.3. The number of alkyl halides is 3. The number of rotatable bonds is 8. The maximum Gasteiger partial charge on any atom is 0.401 e. The second-order valence-corrected chi connectivity index (χ2v) is 4.08. The Labute approximate surface area is 108 Å². The van der Waals surface area contributed by atoms with Gasteiger partial charge in [-0.3, -0.25) is 14.5 Å². The molecule has 0 aliphatic carbocycles. The Balaban J connectivity index is 4.38. The molecule has 0 saturated heterocycles. The molecule has 0 rings (SSSR count). The van der Waals surface area contributed by atoms with Gasteiger partial charge in [-0.2, -0.15) is 13.2 Å². The molecule has 0 aliphatic heterocycles. The fraction of sp³-hybridized carbons (Fsp3) is 0.800. The summed E-state index contributed by atoms with van der Waals surface area (Å²) >= 11 is 0. The average Bonchev–Trinajstić information content (AvgIpc) is 2.12. The molecule has 0 aromatic rings. The molecule has 9 heteroatoms. The van der Waals surface area contributed by atoms with Crippen LogP contribution in [-0.4, -0.2) is 67.5 Å². The molecule has 0 heterocycles. The fourth-order valence-corrected chi connectivity index (χ4v) is 1.43. The Kier molecular flexibility index (Phi) is 7.38. The summed E-state index contributed by atoms with van der Waals surface area (Å²) in [4.78, 5) is 22.4. The molecule has 2 N–H and O–H groups in total. The number of ether oxygens (including phenoxy) is 1. The molecule has 1 atom stereocenters. The van der Waals surface area contributed by atoms with Gasteiger partial charge in [0.1, 0.15) is 0 Å². The van der Waals surface area contributed by atoms with E-state index in [2.05, 4.69) is 5.32 Å². The molecule has 0 aromatic heterocycles. The van der Waals surface area contributed by atoms with E-state index in [1.807, 2.05) is 0 Å². The molecule has 0 radical (unpaired) electrons. The molecule has 1 unspecified atom stereocenters. The van der Waals surface area contributed by atoms with Crippen LogP contribution in [0.4, 0.5) is 13.2 Å². The maximum absolute atomic E-state index is 12.2. The number of carboxylic acids is 1. The molecule has 6 nitrogen and oxygen atoms in total. The second kappa shape index (κ2) is 7.95. The SMILES string of the molecule is COCC(C)NC(=O)CN(CC(=O)O)CC(F)(F)F. The number of carboxylic acid groups (broad SMARTS) is 1. The summed E-state index contributed by atoms with van der Waals surface area (Å²) in [7, 11) is 1.42. The predicted molar refractivity (Wildman–Crippen MR) is 59.6 cm³/mol. The van der Waals surface area contributed by atoms with Crippen molar-refractivity contribution in [2.75, 3.05) is 33.4 Å². The van der Waals surface area contributed by atoms with Crippen LogP contribution in [0.15, 0.2) is 0 Å². The summed E-state index contributed by atoms with van der Waals surface area (Å²) in [6, 6.07) is -0.366. The first-order chi connectivity index (χ1) is 8.64. The van der Waals surface area contributed by atoms with Gasteiger partial charge in [-0.15, -0.1) is 0 Å². The quantitative estimate of drug-likeness (QED) is 0.661. The van der Waals surface area contributed by atoms with Crippen molar-refractivity contribution in [1.29, 1.82) is 0 Å². The molecule has 0 aliphatic rings. The summed E-state index contributed by atoms with van der Waals surface area (Å²) in [5.41, 5.74) is 0. The summed E-state index contributed by atoms with van der Waals surface area (Å²) in [6.07, 6.45) is -4.56. The lowest BCUT2D eigenvalue weighted by Crippen LogP contribution is -2.46. The van der Waals surface area contributed by atoms with Gasteiger partial charge in [0, 0.05) is 13.2 Å². The van der Waals surface area contributed by atoms with Crippen LogP contribution in [0, 0.1) is 0 Å². The molecular weight excluding hydrogens is 269 g/mol. The van der Waals surface area contributed by atoms with Gasteiger partial charge in [-0.05, 0) is 6.92 Å². The number of nitrogens with one attached hydrogen (secondary N) is 1. The zero-order valence-electron chi connectivity index (χ0n) is 10.7. The first kappa shape index (κ1) is 17.6. The minimum Gasteiger partial charge on any atom is -0.480 e. The maximum atomic E-state index is 12.2. The van der Waals surface area contributed by atoms with Crippen LogP contribution < -0.4 is 5.32 Å². The fourth-order valence-electron chi connectivity index (χ4n) is 1.43. The number of halogens is 3. The lowest BCUT2D eigenvalue weighted by molar-refractivity contribution is -0.155. The van der Waals surface area contributed by atoms with E-state index in [-0.39, 0.29) is 12.6 Å². The van der Waals surface area contributed by atoms with Gasteiger partial charge in [0.2, 0.25) is 5.91 Å². The van der Waals surface area contributed by atoms with E-state index in [4.69, 9.17) is 9.84 Å². The van der Waals surface area contributed by atoms with E-state index in [1.54, 1.807) is 6.92 Å². The van der Waals surface area contributed by atoms with E-state index in [1.165, 1.54) is 7.11 Å². The van der Waals surface area contributed by atoms with Crippen molar-refractivity contribution in [3.63, 3.8) is 0 Å². The highest BCUT2D eigenvalue weighted by Crippen LogP contribution is 2.16. The lowest BCUT2D eigenvalue weighted by Gasteiger charge is -2.22. The largest absolute Gasteiger partial charge is 0.480 e. The predicted octanol–water partition coefficient (Wildman–Crippen LogP) is 0.0864. The van der Waals surface area contributed by atoms with Crippen LogP contribution in [-0.2, 0) is 14.3 Å². The minimum atomic E-state index is -4.56. The monoisotopic (exact) mass is 286 g/mol. The van der Waals surface area contributed by atoms with E-state index < -0.39 is 37.7 Å². The molecule has 1 amide bonds. The number of amides is 1. The number of carbonyl (C=O) groups is 2. The molecule has 0 bridgehead atoms. The summed E-state index contributed by atoms with van der Waals surface area (Å²) in [6.45, 7) is -1.12. The third-order valence-corrected chi connectivity index (χ3v) is 1.95. The molecule has 0 spiro atoms. The van der Waals surface area contributed by atoms with E-state index >= 15 is 0 Å². The van der Waals surface area contributed by atoms with Crippen molar-refractivity contribution in [3.05, 3.63) is 0 Å². The zero-order chi connectivity index (χ0) is 15.1. The van der Waals surface area contributed by atoms with Crippen molar-refractivity contribution in [3.8, 4) is 0 Å². The van der Waals surface area contributed by atoms with Crippen LogP contribution in [0.3, 0.4) is 0 Å². The molecule has 112 valence electrons. The number of methoxy groups -OCH3 is 1. The van der Waals surface area contributed by atoms with Crippen molar-refractivity contribution in [1.82, 2.24) is 10.2 Å². The molecule has 0 saturated carbocycles. The highest BCUT2D eigenvalue weighted by molar-refractivity contribution is 5.79. The van der Waals surface area contributed by atoms with Crippen LogP contribution in [0.1, 0.15) is 6.92 Å². The van der Waals surface area contributed by atoms with E-state index in [0.29, 0.717) is 4.90 Å². The molecule has 19 heavy (non-hydrogen) atoms. The van der Waals surface area contributed by atoms with Crippen LogP contribution >= 0.6 is 0 Å². The molecular formula is C10H17F3N2O4. The van der Waals surface area contributed by atoms with Gasteiger partial charge in [-0.25, -0.2) is 0 Å². The standard InChI is InChI=1S/C10H17F3N2O4/c1-7(5-19-2)14-8(16)3-15(4-9(17)18)6-10(11,12)13/h7H,3-6H2,1-2H3,(H,14,16)(H,17,18). The Morgan fingerprint density at radius 3 is 2.37 bits per heavy atom. The Bertz CT molecular complexity index is 310. The van der Waals surface area contributed by atoms with E-state index in [9.17, 15) is 22.8 Å². The van der Waals surface area contributed by atoms with Gasteiger partial charge < -0.3 is 15.2 Å². The summed E-state index contributed by atoms with van der Waals surface area (Å²) in [5, 5.41) is 10.9. The zero-order valence-corrected chi connectivity index (χ0v) is 10.7. The highest BCUT2D eigenvalue weighted by Gasteiger charge is 2.32. The van der Waals surface area contributed by atoms with Crippen molar-refractivity contribution >= 4 is 11.9 Å². The summed E-state index contributed by atoms with van der Waals surface area (Å²) in [5.74, 6) is -2.11. The van der Waals surface area contributed by atoms with Gasteiger partial charge in [0.25, 0.3) is 0 Å². The van der Waals surface area contributed by atoms with Crippen molar-refractivity contribution in [2.24, 2.45) is 0 Å². The van der Waals surface area contributed by atoms with Crippen LogP contribution in [0.25, 0.3) is 0 Å². The van der Waals surface area contributed by atoms with Crippen molar-refractivity contribution < 1.29 is 32.6 Å². The van der Waals surface area contributed by atoms with Crippen LogP contribution in [0.2, 0.25) is 0 Å². The smallest absolute Gasteiger partial charge is 0.401 e. The number of nitrogens with zero attached hydrogens (tertiary/aromatic N) is 1. The van der Waals surface area contributed by atoms with Gasteiger partial charge in [0.05, 0.1) is 26.2 Å². The third kappa shape index (κ3) is 10.3.